The van der Waals surface area contributed by atoms with Gasteiger partial charge in [-0.1, -0.05) is 20.8 Å². The van der Waals surface area contributed by atoms with Crippen LogP contribution in [0.15, 0.2) is 6.07 Å². The van der Waals surface area contributed by atoms with Gasteiger partial charge in [0.1, 0.15) is 0 Å². The van der Waals surface area contributed by atoms with Crippen LogP contribution in [0.25, 0.3) is 0 Å². The van der Waals surface area contributed by atoms with Crippen LogP contribution in [-0.4, -0.2) is 39.4 Å². The van der Waals surface area contributed by atoms with E-state index in [0.717, 1.165) is 31.9 Å². The molecular weight excluding hydrogens is 260 g/mol. The fourth-order valence-corrected chi connectivity index (χ4v) is 3.40. The van der Waals surface area contributed by atoms with Gasteiger partial charge >= 0.3 is 0 Å². The summed E-state index contributed by atoms with van der Waals surface area (Å²) in [7, 11) is 0. The largest absolute Gasteiger partial charge is 0.309 e. The molecule has 0 spiro atoms. The van der Waals surface area contributed by atoms with Gasteiger partial charge in [0.25, 0.3) is 0 Å². The molecule has 0 aliphatic carbocycles. The van der Waals surface area contributed by atoms with Crippen molar-refractivity contribution in [2.24, 2.45) is 5.41 Å². The van der Waals surface area contributed by atoms with E-state index in [-0.39, 0.29) is 11.0 Å². The first-order valence-electron chi connectivity index (χ1n) is 8.15. The van der Waals surface area contributed by atoms with Gasteiger partial charge in [0.2, 0.25) is 0 Å². The van der Waals surface area contributed by atoms with Crippen molar-refractivity contribution >= 4 is 0 Å². The molecule has 4 heteroatoms. The van der Waals surface area contributed by atoms with Crippen LogP contribution < -0.4 is 5.32 Å². The lowest BCUT2D eigenvalue weighted by Gasteiger charge is -2.49. The molecule has 2 heterocycles. The normalized spacial score (nSPS) is 23.5. The van der Waals surface area contributed by atoms with E-state index in [4.69, 9.17) is 0 Å². The summed E-state index contributed by atoms with van der Waals surface area (Å²) in [6, 6.07) is 2.78. The summed E-state index contributed by atoms with van der Waals surface area (Å²) in [4.78, 5) is 2.64. The first-order chi connectivity index (χ1) is 9.62. The highest BCUT2D eigenvalue weighted by Crippen LogP contribution is 2.30. The van der Waals surface area contributed by atoms with Gasteiger partial charge in [-0.2, -0.15) is 5.10 Å². The minimum absolute atomic E-state index is 0.174. The summed E-state index contributed by atoms with van der Waals surface area (Å²) in [5, 5.41) is 8.29. The Morgan fingerprint density at radius 3 is 2.62 bits per heavy atom. The summed E-state index contributed by atoms with van der Waals surface area (Å²) in [6.07, 6.45) is 0. The second-order valence-corrected chi connectivity index (χ2v) is 8.14. The second kappa shape index (κ2) is 5.73. The van der Waals surface area contributed by atoms with Crippen LogP contribution in [0.2, 0.25) is 0 Å². The van der Waals surface area contributed by atoms with Crippen molar-refractivity contribution in [3.8, 4) is 0 Å². The standard InChI is InChI=1S/C17H32N4/c1-8-21-14(9-13(2)19-21)11-20-12-17(6,7)18-10-15(20)16(3,4)5/h9,15,18H,8,10-12H2,1-7H3. The maximum Gasteiger partial charge on any atom is 0.0597 e. The van der Waals surface area contributed by atoms with E-state index in [1.165, 1.54) is 5.69 Å². The molecule has 2 rings (SSSR count). The van der Waals surface area contributed by atoms with Gasteiger partial charge in [0, 0.05) is 37.8 Å². The van der Waals surface area contributed by atoms with E-state index >= 15 is 0 Å². The molecule has 0 bridgehead atoms. The van der Waals surface area contributed by atoms with Crippen molar-refractivity contribution in [2.45, 2.75) is 73.1 Å². The average molecular weight is 292 g/mol. The second-order valence-electron chi connectivity index (χ2n) is 8.14. The van der Waals surface area contributed by atoms with Crippen molar-refractivity contribution in [3.05, 3.63) is 17.5 Å². The number of aryl methyl sites for hydroxylation is 2. The molecule has 1 N–H and O–H groups in total. The molecule has 1 saturated heterocycles. The highest BCUT2D eigenvalue weighted by molar-refractivity contribution is 5.10. The average Bonchev–Trinajstić information content (AvgIpc) is 2.66. The molecule has 1 aliphatic rings. The molecule has 1 fully saturated rings. The maximum atomic E-state index is 4.59. The molecule has 1 unspecified atom stereocenters. The first kappa shape index (κ1) is 16.5. The van der Waals surface area contributed by atoms with Crippen LogP contribution in [-0.2, 0) is 13.1 Å². The molecular formula is C17H32N4. The van der Waals surface area contributed by atoms with E-state index in [9.17, 15) is 0 Å². The number of nitrogens with one attached hydrogen (secondary N) is 1. The van der Waals surface area contributed by atoms with E-state index in [1.807, 2.05) is 0 Å². The summed E-state index contributed by atoms with van der Waals surface area (Å²) in [5.41, 5.74) is 2.90. The van der Waals surface area contributed by atoms with E-state index in [1.54, 1.807) is 0 Å². The number of hydrogen-bond acceptors (Lipinski definition) is 3. The number of hydrogen-bond donors (Lipinski definition) is 1. The summed E-state index contributed by atoms with van der Waals surface area (Å²) in [5.74, 6) is 0. The molecule has 1 aromatic rings. The van der Waals surface area contributed by atoms with E-state index < -0.39 is 0 Å². The summed E-state index contributed by atoms with van der Waals surface area (Å²) >= 11 is 0. The third kappa shape index (κ3) is 3.86. The predicted molar refractivity (Wildman–Crippen MR) is 88.4 cm³/mol. The molecule has 120 valence electrons. The number of rotatable bonds is 3. The molecule has 1 aliphatic heterocycles. The Labute approximate surface area is 129 Å². The third-order valence-electron chi connectivity index (χ3n) is 4.46. The summed E-state index contributed by atoms with van der Waals surface area (Å²) < 4.78 is 2.14. The van der Waals surface area contributed by atoms with Gasteiger partial charge < -0.3 is 5.32 Å². The van der Waals surface area contributed by atoms with Crippen molar-refractivity contribution in [2.75, 3.05) is 13.1 Å². The van der Waals surface area contributed by atoms with Gasteiger partial charge in [-0.25, -0.2) is 0 Å². The van der Waals surface area contributed by atoms with Gasteiger partial charge in [0.05, 0.1) is 11.4 Å². The van der Waals surface area contributed by atoms with Gasteiger partial charge in [-0.3, -0.25) is 9.58 Å². The smallest absolute Gasteiger partial charge is 0.0597 e. The molecule has 0 saturated carbocycles. The van der Waals surface area contributed by atoms with Gasteiger partial charge in [-0.15, -0.1) is 0 Å². The Morgan fingerprint density at radius 2 is 2.05 bits per heavy atom. The van der Waals surface area contributed by atoms with Crippen LogP contribution in [0.4, 0.5) is 0 Å². The Kier molecular flexibility index (Phi) is 4.50. The molecule has 1 atom stereocenters. The Balaban J connectivity index is 2.23. The lowest BCUT2D eigenvalue weighted by molar-refractivity contribution is 0.0254. The van der Waals surface area contributed by atoms with Crippen LogP contribution in [0, 0.1) is 12.3 Å². The van der Waals surface area contributed by atoms with Crippen LogP contribution >= 0.6 is 0 Å². The lowest BCUT2D eigenvalue weighted by atomic mass is 9.82. The van der Waals surface area contributed by atoms with Crippen LogP contribution in [0.1, 0.15) is 52.9 Å². The minimum atomic E-state index is 0.174. The fourth-order valence-electron chi connectivity index (χ4n) is 3.40. The quantitative estimate of drug-likeness (QED) is 0.930. The van der Waals surface area contributed by atoms with Gasteiger partial charge in [0.15, 0.2) is 0 Å². The van der Waals surface area contributed by atoms with E-state index in [0.29, 0.717) is 6.04 Å². The zero-order chi connectivity index (χ0) is 15.8. The first-order valence-corrected chi connectivity index (χ1v) is 8.15. The predicted octanol–water partition coefficient (Wildman–Crippen LogP) is 2.81. The van der Waals surface area contributed by atoms with Gasteiger partial charge in [-0.05, 0) is 39.2 Å². The summed E-state index contributed by atoms with van der Waals surface area (Å²) in [6.45, 7) is 19.9. The molecule has 0 amide bonds. The SMILES string of the molecule is CCn1nc(C)cc1CN1CC(C)(C)NCC1C(C)(C)C. The lowest BCUT2D eigenvalue weighted by Crippen LogP contribution is -2.64. The van der Waals surface area contributed by atoms with Crippen molar-refractivity contribution < 1.29 is 0 Å². The molecule has 1 aromatic heterocycles. The topological polar surface area (TPSA) is 33.1 Å². The zero-order valence-electron chi connectivity index (χ0n) is 14.8. The number of aromatic nitrogens is 2. The Morgan fingerprint density at radius 1 is 1.38 bits per heavy atom. The van der Waals surface area contributed by atoms with Crippen LogP contribution in [0.5, 0.6) is 0 Å². The molecule has 0 radical (unpaired) electrons. The monoisotopic (exact) mass is 292 g/mol. The van der Waals surface area contributed by atoms with Crippen molar-refractivity contribution in [1.82, 2.24) is 20.0 Å². The third-order valence-corrected chi connectivity index (χ3v) is 4.46. The fraction of sp³-hybridized carbons (Fsp3) is 0.824. The van der Waals surface area contributed by atoms with Crippen LogP contribution in [0.3, 0.4) is 0 Å². The number of piperazine rings is 1. The molecule has 4 nitrogen and oxygen atoms in total. The Hall–Kier alpha value is -0.870. The maximum absolute atomic E-state index is 4.59. The molecule has 0 aromatic carbocycles. The Bertz CT molecular complexity index is 481. The highest BCUT2D eigenvalue weighted by atomic mass is 15.3. The molecule has 21 heavy (non-hydrogen) atoms. The number of nitrogens with zero attached hydrogens (tertiary/aromatic N) is 3. The van der Waals surface area contributed by atoms with E-state index in [2.05, 4.69) is 74.5 Å². The van der Waals surface area contributed by atoms with Crippen molar-refractivity contribution in [3.63, 3.8) is 0 Å². The zero-order valence-corrected chi connectivity index (χ0v) is 14.8. The van der Waals surface area contributed by atoms with Crippen molar-refractivity contribution in [1.29, 1.82) is 0 Å². The highest BCUT2D eigenvalue weighted by Gasteiger charge is 2.38. The minimum Gasteiger partial charge on any atom is -0.309 e.